The number of nitrogens with zero attached hydrogens (tertiary/aromatic N) is 3. The van der Waals surface area contributed by atoms with Crippen molar-refractivity contribution >= 4 is 46.7 Å². The number of amides is 2. The van der Waals surface area contributed by atoms with E-state index in [1.165, 1.54) is 23.1 Å². The Labute approximate surface area is 211 Å². The third kappa shape index (κ3) is 4.78. The molecule has 8 heteroatoms. The Balaban J connectivity index is 1.44. The number of anilines is 2. The first-order valence-electron chi connectivity index (χ1n) is 11.0. The molecule has 176 valence electrons. The van der Waals surface area contributed by atoms with Gasteiger partial charge in [-0.2, -0.15) is 0 Å². The summed E-state index contributed by atoms with van der Waals surface area (Å²) in [5.41, 5.74) is 2.91. The van der Waals surface area contributed by atoms with Crippen LogP contribution in [0.5, 0.6) is 0 Å². The molecule has 1 aromatic heterocycles. The van der Waals surface area contributed by atoms with Crippen LogP contribution in [-0.2, 0) is 4.79 Å². The molecule has 36 heavy (non-hydrogen) atoms. The normalized spacial score (nSPS) is 14.2. The average Bonchev–Trinajstić information content (AvgIpc) is 3.23. The van der Waals surface area contributed by atoms with Crippen LogP contribution in [-0.4, -0.2) is 22.6 Å². The molecule has 5 rings (SSSR count). The molecule has 0 aliphatic carbocycles. The summed E-state index contributed by atoms with van der Waals surface area (Å²) < 4.78 is 13.4. The molecule has 0 radical (unpaired) electrons. The number of benzene rings is 3. The highest BCUT2D eigenvalue weighted by Gasteiger charge is 2.32. The summed E-state index contributed by atoms with van der Waals surface area (Å²) in [5, 5.41) is 2.60. The Hall–Kier alpha value is -4.62. The van der Waals surface area contributed by atoms with Gasteiger partial charge in [-0.25, -0.2) is 9.38 Å². The number of hydrogen-bond acceptors (Lipinski definition) is 4. The van der Waals surface area contributed by atoms with Crippen LogP contribution in [0.15, 0.2) is 108 Å². The summed E-state index contributed by atoms with van der Waals surface area (Å²) in [7, 11) is 0. The van der Waals surface area contributed by atoms with Gasteiger partial charge in [-0.05, 0) is 60.7 Å². The third-order valence-corrected chi connectivity index (χ3v) is 5.72. The van der Waals surface area contributed by atoms with Crippen molar-refractivity contribution < 1.29 is 14.0 Å². The molecule has 6 nitrogen and oxygen atoms in total. The fourth-order valence-electron chi connectivity index (χ4n) is 3.68. The highest BCUT2D eigenvalue weighted by molar-refractivity contribution is 6.33. The van der Waals surface area contributed by atoms with Crippen molar-refractivity contribution in [3.05, 3.63) is 131 Å². The summed E-state index contributed by atoms with van der Waals surface area (Å²) in [6, 6.07) is 25.3. The molecule has 0 unspecified atom stereocenters. The zero-order chi connectivity index (χ0) is 25.1. The number of aromatic nitrogens is 1. The molecule has 0 spiro atoms. The summed E-state index contributed by atoms with van der Waals surface area (Å²) in [5.74, 6) is -0.801. The predicted molar refractivity (Wildman–Crippen MR) is 138 cm³/mol. The molecule has 0 saturated carbocycles. The van der Waals surface area contributed by atoms with Crippen LogP contribution in [0, 0.1) is 5.82 Å². The molecule has 0 fully saturated rings. The first-order valence-corrected chi connectivity index (χ1v) is 11.4. The van der Waals surface area contributed by atoms with Crippen molar-refractivity contribution in [1.29, 1.82) is 0 Å². The molecule has 1 aliphatic heterocycles. The minimum absolute atomic E-state index is 0.0852. The minimum atomic E-state index is -0.568. The summed E-state index contributed by atoms with van der Waals surface area (Å²) in [4.78, 5) is 36.5. The highest BCUT2D eigenvalue weighted by Crippen LogP contribution is 2.28. The SMILES string of the molecule is O=C(Nc1ccc(F)c(Cl)c1)c1ccc(N2C(=O)C(=Cc3ccccn3)N=C2c2ccccc2)cc1. The molecular weight excluding hydrogens is 479 g/mol. The van der Waals surface area contributed by atoms with Crippen molar-refractivity contribution in [1.82, 2.24) is 4.98 Å². The lowest BCUT2D eigenvalue weighted by Gasteiger charge is -2.19. The van der Waals surface area contributed by atoms with Crippen LogP contribution < -0.4 is 10.2 Å². The second kappa shape index (κ2) is 9.93. The quantitative estimate of drug-likeness (QED) is 0.346. The zero-order valence-corrected chi connectivity index (χ0v) is 19.5. The van der Waals surface area contributed by atoms with E-state index in [-0.39, 0.29) is 16.6 Å². The van der Waals surface area contributed by atoms with Gasteiger partial charge in [0.1, 0.15) is 17.3 Å². The molecule has 0 saturated heterocycles. The van der Waals surface area contributed by atoms with Crippen LogP contribution in [0.3, 0.4) is 0 Å². The number of amidine groups is 1. The molecule has 0 atom stereocenters. The summed E-state index contributed by atoms with van der Waals surface area (Å²) in [6.07, 6.45) is 3.29. The van der Waals surface area contributed by atoms with Gasteiger partial charge < -0.3 is 5.32 Å². The molecule has 0 bridgehead atoms. The van der Waals surface area contributed by atoms with Crippen LogP contribution in [0.25, 0.3) is 6.08 Å². The fraction of sp³-hybridized carbons (Fsp3) is 0. The molecule has 4 aromatic rings. The van der Waals surface area contributed by atoms with Crippen LogP contribution in [0.2, 0.25) is 5.02 Å². The van der Waals surface area contributed by atoms with E-state index in [0.717, 1.165) is 5.56 Å². The molecule has 1 N–H and O–H groups in total. The first-order chi connectivity index (χ1) is 17.5. The Bertz CT molecular complexity index is 1500. The smallest absolute Gasteiger partial charge is 0.282 e. The van der Waals surface area contributed by atoms with Gasteiger partial charge in [-0.1, -0.05) is 48.0 Å². The van der Waals surface area contributed by atoms with E-state index in [9.17, 15) is 14.0 Å². The highest BCUT2D eigenvalue weighted by atomic mass is 35.5. The van der Waals surface area contributed by atoms with Gasteiger partial charge >= 0.3 is 0 Å². The van der Waals surface area contributed by atoms with E-state index in [1.54, 1.807) is 48.7 Å². The van der Waals surface area contributed by atoms with E-state index in [0.29, 0.717) is 28.5 Å². The number of halogens is 2. The summed E-state index contributed by atoms with van der Waals surface area (Å²) in [6.45, 7) is 0. The van der Waals surface area contributed by atoms with Crippen LogP contribution in [0.1, 0.15) is 21.6 Å². The van der Waals surface area contributed by atoms with E-state index >= 15 is 0 Å². The number of pyridine rings is 1. The molecule has 2 amide bonds. The van der Waals surface area contributed by atoms with E-state index < -0.39 is 11.7 Å². The number of nitrogens with one attached hydrogen (secondary N) is 1. The van der Waals surface area contributed by atoms with E-state index in [1.807, 2.05) is 36.4 Å². The fourth-order valence-corrected chi connectivity index (χ4v) is 3.86. The van der Waals surface area contributed by atoms with Crippen molar-refractivity contribution in [2.24, 2.45) is 4.99 Å². The zero-order valence-electron chi connectivity index (χ0n) is 18.7. The number of rotatable bonds is 5. The predicted octanol–water partition coefficient (Wildman–Crippen LogP) is 5.96. The van der Waals surface area contributed by atoms with Gasteiger partial charge in [0.25, 0.3) is 11.8 Å². The number of carbonyl (C=O) groups is 2. The molecular formula is C28H18ClFN4O2. The largest absolute Gasteiger partial charge is 0.322 e. The Morgan fingerprint density at radius 2 is 1.69 bits per heavy atom. The lowest BCUT2D eigenvalue weighted by atomic mass is 10.1. The van der Waals surface area contributed by atoms with Gasteiger partial charge in [-0.15, -0.1) is 0 Å². The second-order valence-electron chi connectivity index (χ2n) is 7.86. The maximum Gasteiger partial charge on any atom is 0.282 e. The molecule has 2 heterocycles. The minimum Gasteiger partial charge on any atom is -0.322 e. The van der Waals surface area contributed by atoms with Crippen LogP contribution in [0.4, 0.5) is 15.8 Å². The van der Waals surface area contributed by atoms with Gasteiger partial charge in [-0.3, -0.25) is 19.5 Å². The number of carbonyl (C=O) groups excluding carboxylic acids is 2. The Morgan fingerprint density at radius 1 is 0.944 bits per heavy atom. The van der Waals surface area contributed by atoms with Crippen molar-refractivity contribution in [2.75, 3.05) is 10.2 Å². The lowest BCUT2D eigenvalue weighted by molar-refractivity contribution is -0.113. The van der Waals surface area contributed by atoms with Crippen molar-refractivity contribution in [2.45, 2.75) is 0 Å². The molecule has 3 aromatic carbocycles. The third-order valence-electron chi connectivity index (χ3n) is 5.43. The van der Waals surface area contributed by atoms with E-state index in [4.69, 9.17) is 11.6 Å². The second-order valence-corrected chi connectivity index (χ2v) is 8.26. The standard InChI is InChI=1S/C28H18ClFN4O2/c29-23-16-21(11-14-24(23)30)32-27(35)19-9-12-22(13-10-19)34-26(18-6-2-1-3-7-18)33-25(28(34)36)17-20-8-4-5-15-31-20/h1-17H,(H,32,35). The topological polar surface area (TPSA) is 74.7 Å². The molecule has 1 aliphatic rings. The van der Waals surface area contributed by atoms with Gasteiger partial charge in [0, 0.05) is 23.0 Å². The van der Waals surface area contributed by atoms with Gasteiger partial charge in [0.2, 0.25) is 0 Å². The van der Waals surface area contributed by atoms with E-state index in [2.05, 4.69) is 15.3 Å². The Kier molecular flexibility index (Phi) is 6.38. The average molecular weight is 497 g/mol. The number of hydrogen-bond donors (Lipinski definition) is 1. The van der Waals surface area contributed by atoms with Crippen LogP contribution >= 0.6 is 11.6 Å². The van der Waals surface area contributed by atoms with Gasteiger partial charge in [0.05, 0.1) is 16.4 Å². The first kappa shape index (κ1) is 23.1. The maximum atomic E-state index is 13.4. The van der Waals surface area contributed by atoms with Crippen molar-refractivity contribution in [3.63, 3.8) is 0 Å². The van der Waals surface area contributed by atoms with Crippen molar-refractivity contribution in [3.8, 4) is 0 Å². The van der Waals surface area contributed by atoms with Gasteiger partial charge in [0.15, 0.2) is 0 Å². The lowest BCUT2D eigenvalue weighted by Crippen LogP contribution is -2.32. The monoisotopic (exact) mass is 496 g/mol. The summed E-state index contributed by atoms with van der Waals surface area (Å²) >= 11 is 5.79. The maximum absolute atomic E-state index is 13.4. The Morgan fingerprint density at radius 3 is 2.39 bits per heavy atom. The number of aliphatic imine (C=N–C) groups is 1.